The molecule has 1 aromatic carbocycles. The van der Waals surface area contributed by atoms with Gasteiger partial charge in [0.05, 0.1) is 17.3 Å². The Morgan fingerprint density at radius 1 is 1.20 bits per heavy atom. The Morgan fingerprint density at radius 3 is 2.65 bits per heavy atom. The van der Waals surface area contributed by atoms with Gasteiger partial charge in [-0.25, -0.2) is 0 Å². The number of carboxylic acid groups (broad SMARTS) is 1. The summed E-state index contributed by atoms with van der Waals surface area (Å²) in [4.78, 5) is 15.8. The third kappa shape index (κ3) is 2.55. The van der Waals surface area contributed by atoms with Gasteiger partial charge in [0, 0.05) is 0 Å². The van der Waals surface area contributed by atoms with Gasteiger partial charge in [0.15, 0.2) is 0 Å². The third-order valence-corrected chi connectivity index (χ3v) is 4.56. The van der Waals surface area contributed by atoms with Crippen LogP contribution in [0.4, 0.5) is 0 Å². The molecule has 4 heteroatoms. The van der Waals surface area contributed by atoms with Crippen LogP contribution in [0.5, 0.6) is 5.75 Å². The topological polar surface area (TPSA) is 69.9 Å². The first-order chi connectivity index (χ1) is 9.63. The highest BCUT2D eigenvalue weighted by Crippen LogP contribution is 2.33. The van der Waals surface area contributed by atoms with Crippen LogP contribution >= 0.6 is 0 Å². The fourth-order valence-electron chi connectivity index (χ4n) is 3.35. The summed E-state index contributed by atoms with van der Waals surface area (Å²) in [7, 11) is 0. The minimum absolute atomic E-state index is 0.164. The van der Waals surface area contributed by atoms with Crippen LogP contribution in [0, 0.1) is 11.8 Å². The highest BCUT2D eigenvalue weighted by atomic mass is 16.4. The van der Waals surface area contributed by atoms with Gasteiger partial charge in [0.1, 0.15) is 5.75 Å². The molecule has 106 valence electrons. The van der Waals surface area contributed by atoms with Crippen LogP contribution in [-0.4, -0.2) is 22.2 Å². The van der Waals surface area contributed by atoms with Crippen LogP contribution in [0.1, 0.15) is 32.1 Å². The number of phenols is 1. The van der Waals surface area contributed by atoms with Crippen LogP contribution in [0.15, 0.2) is 23.2 Å². The maximum atomic E-state index is 11.0. The van der Waals surface area contributed by atoms with Crippen molar-refractivity contribution in [1.82, 2.24) is 0 Å². The number of hydrogen-bond donors (Lipinski definition) is 2. The van der Waals surface area contributed by atoms with E-state index < -0.39 is 5.97 Å². The average molecular weight is 273 g/mol. The van der Waals surface area contributed by atoms with E-state index in [1.54, 1.807) is 12.1 Å². The van der Waals surface area contributed by atoms with Gasteiger partial charge in [0.2, 0.25) is 0 Å². The number of hydrogen-bond acceptors (Lipinski definition) is 3. The van der Waals surface area contributed by atoms with Crippen molar-refractivity contribution >= 4 is 12.0 Å². The second-order valence-corrected chi connectivity index (χ2v) is 5.83. The number of benzene rings is 1. The van der Waals surface area contributed by atoms with E-state index in [0.29, 0.717) is 5.92 Å². The second kappa shape index (κ2) is 5.27. The van der Waals surface area contributed by atoms with E-state index in [1.807, 2.05) is 6.07 Å². The lowest BCUT2D eigenvalue weighted by Gasteiger charge is -2.30. The standard InChI is InChI=1S/C16H19NO3/c18-13-6-8-15-12(9-13)5-7-14(17-15)10-1-3-11(4-2-10)16(19)20/h5-6,8-11,14,18H,1-4,7H2,(H,19,20)/t10-,11-,14?. The zero-order chi connectivity index (χ0) is 14.1. The first-order valence-corrected chi connectivity index (χ1v) is 7.23. The van der Waals surface area contributed by atoms with Gasteiger partial charge < -0.3 is 10.2 Å². The van der Waals surface area contributed by atoms with Crippen molar-refractivity contribution in [3.8, 4) is 5.75 Å². The maximum absolute atomic E-state index is 11.0. The number of rotatable bonds is 2. The predicted molar refractivity (Wildman–Crippen MR) is 74.8 cm³/mol. The summed E-state index contributed by atoms with van der Waals surface area (Å²) < 4.78 is 0. The predicted octanol–water partition coefficient (Wildman–Crippen LogP) is 1.46. The number of nitrogens with zero attached hydrogens (tertiary/aromatic N) is 1. The normalized spacial score (nSPS) is 28.9. The smallest absolute Gasteiger partial charge is 0.306 e. The molecule has 3 rings (SSSR count). The zero-order valence-corrected chi connectivity index (χ0v) is 11.3. The van der Waals surface area contributed by atoms with Gasteiger partial charge in [-0.15, -0.1) is 0 Å². The Bertz CT molecular complexity index is 630. The first kappa shape index (κ1) is 13.2. The van der Waals surface area contributed by atoms with Crippen molar-refractivity contribution in [3.63, 3.8) is 0 Å². The monoisotopic (exact) mass is 273 g/mol. The SMILES string of the molecule is O=C(O)[C@H]1CC[C@H](C2CC=c3cc(O)ccc3=N2)CC1. The Balaban J connectivity index is 1.74. The number of carboxylic acids is 1. The number of aromatic hydroxyl groups is 1. The summed E-state index contributed by atoms with van der Waals surface area (Å²) in [5, 5.41) is 20.4. The Kier molecular flexibility index (Phi) is 3.47. The Hall–Kier alpha value is -1.84. The zero-order valence-electron chi connectivity index (χ0n) is 11.3. The molecule has 20 heavy (non-hydrogen) atoms. The largest absolute Gasteiger partial charge is 0.508 e. The highest BCUT2D eigenvalue weighted by molar-refractivity contribution is 5.70. The molecule has 0 aromatic heterocycles. The van der Waals surface area contributed by atoms with E-state index in [9.17, 15) is 9.90 Å². The van der Waals surface area contributed by atoms with Crippen LogP contribution in [-0.2, 0) is 4.79 Å². The van der Waals surface area contributed by atoms with Crippen LogP contribution in [0.2, 0.25) is 0 Å². The van der Waals surface area contributed by atoms with Gasteiger partial charge in [-0.1, -0.05) is 6.08 Å². The fourth-order valence-corrected chi connectivity index (χ4v) is 3.35. The van der Waals surface area contributed by atoms with Gasteiger partial charge in [-0.05, 0) is 61.4 Å². The molecular weight excluding hydrogens is 254 g/mol. The van der Waals surface area contributed by atoms with Crippen LogP contribution < -0.4 is 10.6 Å². The first-order valence-electron chi connectivity index (χ1n) is 7.23. The van der Waals surface area contributed by atoms with Crippen molar-refractivity contribution in [2.75, 3.05) is 0 Å². The number of carbonyl (C=O) groups is 1. The quantitative estimate of drug-likeness (QED) is 0.857. The number of phenolic OH excluding ortho intramolecular Hbond substituents is 1. The molecule has 0 saturated heterocycles. The molecule has 1 heterocycles. The molecule has 1 atom stereocenters. The van der Waals surface area contributed by atoms with Crippen molar-refractivity contribution in [1.29, 1.82) is 0 Å². The number of aliphatic carboxylic acids is 1. The fraction of sp³-hybridized carbons (Fsp3) is 0.500. The van der Waals surface area contributed by atoms with E-state index in [0.717, 1.165) is 42.7 Å². The molecule has 1 fully saturated rings. The molecule has 1 aliphatic carbocycles. The molecular formula is C16H19NO3. The van der Waals surface area contributed by atoms with Crippen molar-refractivity contribution in [3.05, 3.63) is 28.8 Å². The molecule has 4 nitrogen and oxygen atoms in total. The number of fused-ring (bicyclic) bond motifs is 1. The molecule has 0 spiro atoms. The van der Waals surface area contributed by atoms with Crippen molar-refractivity contribution < 1.29 is 15.0 Å². The highest BCUT2D eigenvalue weighted by Gasteiger charge is 2.30. The molecule has 0 radical (unpaired) electrons. The maximum Gasteiger partial charge on any atom is 0.306 e. The summed E-state index contributed by atoms with van der Waals surface area (Å²) in [5.74, 6) is -0.0566. The average Bonchev–Trinajstić information content (AvgIpc) is 2.47. The molecule has 0 bridgehead atoms. The van der Waals surface area contributed by atoms with Crippen LogP contribution in [0.3, 0.4) is 0 Å². The Labute approximate surface area is 117 Å². The van der Waals surface area contributed by atoms with Crippen molar-refractivity contribution in [2.45, 2.75) is 38.1 Å². The molecule has 1 aromatic rings. The lowest BCUT2D eigenvalue weighted by molar-refractivity contribution is -0.143. The summed E-state index contributed by atoms with van der Waals surface area (Å²) >= 11 is 0. The van der Waals surface area contributed by atoms with Gasteiger partial charge in [-0.2, -0.15) is 0 Å². The molecule has 1 unspecified atom stereocenters. The van der Waals surface area contributed by atoms with E-state index >= 15 is 0 Å². The molecule has 2 N–H and O–H groups in total. The summed E-state index contributed by atoms with van der Waals surface area (Å²) in [6.07, 6.45) is 6.47. The van der Waals surface area contributed by atoms with Gasteiger partial charge >= 0.3 is 5.97 Å². The second-order valence-electron chi connectivity index (χ2n) is 5.83. The lowest BCUT2D eigenvalue weighted by atomic mass is 9.77. The minimum atomic E-state index is -0.656. The van der Waals surface area contributed by atoms with Crippen molar-refractivity contribution in [2.24, 2.45) is 16.8 Å². The molecule has 0 amide bonds. The van der Waals surface area contributed by atoms with Crippen LogP contribution in [0.25, 0.3) is 6.08 Å². The van der Waals surface area contributed by atoms with E-state index in [4.69, 9.17) is 10.1 Å². The summed E-state index contributed by atoms with van der Waals surface area (Å²) in [6.45, 7) is 0. The summed E-state index contributed by atoms with van der Waals surface area (Å²) in [6, 6.07) is 5.54. The van der Waals surface area contributed by atoms with Gasteiger partial charge in [-0.3, -0.25) is 9.79 Å². The lowest BCUT2D eigenvalue weighted by Crippen LogP contribution is -2.35. The molecule has 2 aliphatic rings. The molecule has 1 aliphatic heterocycles. The minimum Gasteiger partial charge on any atom is -0.508 e. The van der Waals surface area contributed by atoms with E-state index in [2.05, 4.69) is 6.08 Å². The van der Waals surface area contributed by atoms with E-state index in [1.165, 1.54) is 0 Å². The van der Waals surface area contributed by atoms with Gasteiger partial charge in [0.25, 0.3) is 0 Å². The molecule has 1 saturated carbocycles. The summed E-state index contributed by atoms with van der Waals surface area (Å²) in [5.41, 5.74) is 0. The van der Waals surface area contributed by atoms with E-state index in [-0.39, 0.29) is 17.7 Å². The third-order valence-electron chi connectivity index (χ3n) is 4.56. The Morgan fingerprint density at radius 2 is 1.95 bits per heavy atom.